The molecule has 2 amide bonds. The van der Waals surface area contributed by atoms with Crippen LogP contribution >= 0.6 is 15.9 Å². The van der Waals surface area contributed by atoms with Crippen molar-refractivity contribution in [3.05, 3.63) is 27.7 Å². The van der Waals surface area contributed by atoms with Gasteiger partial charge in [0.2, 0.25) is 0 Å². The van der Waals surface area contributed by atoms with Gasteiger partial charge < -0.3 is 15.3 Å². The van der Waals surface area contributed by atoms with E-state index in [0.29, 0.717) is 0 Å². The minimum atomic E-state index is -0.921. The van der Waals surface area contributed by atoms with E-state index in [2.05, 4.69) is 21.2 Å². The smallest absolute Gasteiger partial charge is 0.321 e. The van der Waals surface area contributed by atoms with Crippen molar-refractivity contribution in [2.45, 2.75) is 20.3 Å². The number of benzene rings is 1. The van der Waals surface area contributed by atoms with Crippen molar-refractivity contribution >= 4 is 33.6 Å². The number of amides is 2. The number of aliphatic carboxylic acids is 1. The minimum absolute atomic E-state index is 0.0672. The Labute approximate surface area is 120 Å². The van der Waals surface area contributed by atoms with E-state index >= 15 is 0 Å². The lowest BCUT2D eigenvalue weighted by Crippen LogP contribution is -2.33. The van der Waals surface area contributed by atoms with Crippen molar-refractivity contribution in [3.8, 4) is 0 Å². The first-order valence-electron chi connectivity index (χ1n) is 5.82. The molecule has 0 atom stereocenters. The second-order valence-corrected chi connectivity index (χ2v) is 5.33. The molecule has 0 aliphatic rings. The molecule has 1 aromatic rings. The summed E-state index contributed by atoms with van der Waals surface area (Å²) in [5, 5.41) is 11.4. The summed E-state index contributed by atoms with van der Waals surface area (Å²) in [4.78, 5) is 23.7. The number of carboxylic acid groups (broad SMARTS) is 1. The number of nitrogens with zero attached hydrogens (tertiary/aromatic N) is 1. The second-order valence-electron chi connectivity index (χ2n) is 4.41. The van der Waals surface area contributed by atoms with E-state index in [-0.39, 0.29) is 19.0 Å². The predicted octanol–water partition coefficient (Wildman–Crippen LogP) is 3.00. The van der Waals surface area contributed by atoms with Crippen LogP contribution in [0.2, 0.25) is 0 Å². The molecular formula is C13H17BrN2O3. The standard InChI is InChI=1S/C13H17BrN2O3/c1-8-6-10(14)7-9(2)12(8)15-13(19)16(3)5-4-11(17)18/h6-7H,4-5H2,1-3H3,(H,15,19)(H,17,18). The molecule has 104 valence electrons. The predicted molar refractivity (Wildman–Crippen MR) is 77.5 cm³/mol. The zero-order valence-electron chi connectivity index (χ0n) is 11.2. The fourth-order valence-corrected chi connectivity index (χ4v) is 2.36. The normalized spacial score (nSPS) is 10.1. The van der Waals surface area contributed by atoms with Crippen LogP contribution in [0.1, 0.15) is 17.5 Å². The minimum Gasteiger partial charge on any atom is -0.481 e. The van der Waals surface area contributed by atoms with E-state index in [9.17, 15) is 9.59 Å². The maximum Gasteiger partial charge on any atom is 0.321 e. The lowest BCUT2D eigenvalue weighted by molar-refractivity contribution is -0.137. The number of carbonyl (C=O) groups is 2. The van der Waals surface area contributed by atoms with E-state index in [1.165, 1.54) is 4.90 Å². The molecule has 0 aliphatic heterocycles. The number of rotatable bonds is 4. The Morgan fingerprint density at radius 2 is 1.84 bits per heavy atom. The van der Waals surface area contributed by atoms with Gasteiger partial charge in [-0.3, -0.25) is 4.79 Å². The monoisotopic (exact) mass is 328 g/mol. The maximum absolute atomic E-state index is 11.9. The second kappa shape index (κ2) is 6.56. The summed E-state index contributed by atoms with van der Waals surface area (Å²) >= 11 is 3.39. The Kier molecular flexibility index (Phi) is 5.35. The fraction of sp³-hybridized carbons (Fsp3) is 0.385. The lowest BCUT2D eigenvalue weighted by atomic mass is 10.1. The third-order valence-electron chi connectivity index (χ3n) is 2.74. The zero-order chi connectivity index (χ0) is 14.6. The van der Waals surface area contributed by atoms with Crippen LogP contribution in [0.3, 0.4) is 0 Å². The molecule has 19 heavy (non-hydrogen) atoms. The first kappa shape index (κ1) is 15.5. The number of aryl methyl sites for hydroxylation is 2. The number of hydrogen-bond donors (Lipinski definition) is 2. The summed E-state index contributed by atoms with van der Waals surface area (Å²) in [5.41, 5.74) is 2.66. The molecule has 0 radical (unpaired) electrons. The van der Waals surface area contributed by atoms with Crippen LogP contribution in [0.4, 0.5) is 10.5 Å². The molecular weight excluding hydrogens is 312 g/mol. The van der Waals surface area contributed by atoms with Crippen LogP contribution < -0.4 is 5.32 Å². The zero-order valence-corrected chi connectivity index (χ0v) is 12.7. The van der Waals surface area contributed by atoms with Gasteiger partial charge in [-0.05, 0) is 37.1 Å². The molecule has 2 N–H and O–H groups in total. The highest BCUT2D eigenvalue weighted by atomic mass is 79.9. The number of nitrogens with one attached hydrogen (secondary N) is 1. The molecule has 5 nitrogen and oxygen atoms in total. The van der Waals surface area contributed by atoms with Gasteiger partial charge in [0.15, 0.2) is 0 Å². The Morgan fingerprint density at radius 3 is 2.32 bits per heavy atom. The molecule has 1 rings (SSSR count). The Morgan fingerprint density at radius 1 is 1.32 bits per heavy atom. The lowest BCUT2D eigenvalue weighted by Gasteiger charge is -2.19. The van der Waals surface area contributed by atoms with Gasteiger partial charge in [-0.1, -0.05) is 15.9 Å². The van der Waals surface area contributed by atoms with Crippen molar-refractivity contribution in [2.24, 2.45) is 0 Å². The van der Waals surface area contributed by atoms with Crippen molar-refractivity contribution in [3.63, 3.8) is 0 Å². The maximum atomic E-state index is 11.9. The quantitative estimate of drug-likeness (QED) is 0.892. The van der Waals surface area contributed by atoms with Crippen molar-refractivity contribution < 1.29 is 14.7 Å². The highest BCUT2D eigenvalue weighted by molar-refractivity contribution is 9.10. The number of hydrogen-bond acceptors (Lipinski definition) is 2. The van der Waals surface area contributed by atoms with Crippen molar-refractivity contribution in [1.82, 2.24) is 4.90 Å². The van der Waals surface area contributed by atoms with Gasteiger partial charge >= 0.3 is 12.0 Å². The average Bonchev–Trinajstić information content (AvgIpc) is 2.30. The third-order valence-corrected chi connectivity index (χ3v) is 3.20. The molecule has 0 saturated heterocycles. The fourth-order valence-electron chi connectivity index (χ4n) is 1.68. The van der Waals surface area contributed by atoms with E-state index in [0.717, 1.165) is 21.3 Å². The first-order chi connectivity index (χ1) is 8.81. The third kappa shape index (κ3) is 4.55. The average molecular weight is 329 g/mol. The molecule has 6 heteroatoms. The molecule has 0 unspecified atom stereocenters. The van der Waals surface area contributed by atoms with Gasteiger partial charge in [0.1, 0.15) is 0 Å². The highest BCUT2D eigenvalue weighted by Gasteiger charge is 2.13. The Balaban J connectivity index is 2.74. The van der Waals surface area contributed by atoms with Gasteiger partial charge in [0.25, 0.3) is 0 Å². The molecule has 1 aromatic carbocycles. The summed E-state index contributed by atoms with van der Waals surface area (Å²) in [6, 6.07) is 3.52. The largest absolute Gasteiger partial charge is 0.481 e. The number of urea groups is 1. The van der Waals surface area contributed by atoms with Gasteiger partial charge in [0, 0.05) is 23.8 Å². The summed E-state index contributed by atoms with van der Waals surface area (Å²) in [7, 11) is 1.57. The van der Waals surface area contributed by atoms with Gasteiger partial charge in [-0.15, -0.1) is 0 Å². The molecule has 0 aromatic heterocycles. The summed E-state index contributed by atoms with van der Waals surface area (Å²) in [6.45, 7) is 3.99. The van der Waals surface area contributed by atoms with Crippen LogP contribution in [0.15, 0.2) is 16.6 Å². The number of carboxylic acids is 1. The number of anilines is 1. The van der Waals surface area contributed by atoms with Crippen molar-refractivity contribution in [2.75, 3.05) is 18.9 Å². The van der Waals surface area contributed by atoms with Crippen LogP contribution in [0.5, 0.6) is 0 Å². The molecule has 0 spiro atoms. The first-order valence-corrected chi connectivity index (χ1v) is 6.61. The molecule has 0 fully saturated rings. The van der Waals surface area contributed by atoms with Crippen LogP contribution in [-0.4, -0.2) is 35.6 Å². The molecule has 0 bridgehead atoms. The number of carbonyl (C=O) groups excluding carboxylic acids is 1. The van der Waals surface area contributed by atoms with E-state index < -0.39 is 5.97 Å². The van der Waals surface area contributed by atoms with Gasteiger partial charge in [0.05, 0.1) is 6.42 Å². The molecule has 0 heterocycles. The summed E-state index contributed by atoms with van der Waals surface area (Å²) in [5.74, 6) is -0.921. The SMILES string of the molecule is Cc1cc(Br)cc(C)c1NC(=O)N(C)CCC(=O)O. The van der Waals surface area contributed by atoms with Gasteiger partial charge in [-0.2, -0.15) is 0 Å². The molecule has 0 saturated carbocycles. The summed E-state index contributed by atoms with van der Waals surface area (Å²) < 4.78 is 0.958. The van der Waals surface area contributed by atoms with Crippen LogP contribution in [-0.2, 0) is 4.79 Å². The number of halogens is 1. The van der Waals surface area contributed by atoms with E-state index in [1.807, 2.05) is 26.0 Å². The highest BCUT2D eigenvalue weighted by Crippen LogP contribution is 2.25. The van der Waals surface area contributed by atoms with Gasteiger partial charge in [-0.25, -0.2) is 4.79 Å². The topological polar surface area (TPSA) is 69.6 Å². The van der Waals surface area contributed by atoms with E-state index in [1.54, 1.807) is 7.05 Å². The summed E-state index contributed by atoms with van der Waals surface area (Å²) in [6.07, 6.45) is -0.0672. The van der Waals surface area contributed by atoms with Crippen LogP contribution in [0, 0.1) is 13.8 Å². The Bertz CT molecular complexity index is 480. The van der Waals surface area contributed by atoms with E-state index in [4.69, 9.17) is 5.11 Å². The van der Waals surface area contributed by atoms with Crippen molar-refractivity contribution in [1.29, 1.82) is 0 Å². The molecule has 0 aliphatic carbocycles. The van der Waals surface area contributed by atoms with Crippen LogP contribution in [0.25, 0.3) is 0 Å². The Hall–Kier alpha value is -1.56.